The van der Waals surface area contributed by atoms with Crippen molar-refractivity contribution >= 4 is 34.4 Å². The van der Waals surface area contributed by atoms with Gasteiger partial charge in [-0.2, -0.15) is 0 Å². The molecule has 0 radical (unpaired) electrons. The summed E-state index contributed by atoms with van der Waals surface area (Å²) in [5, 5.41) is 6.92. The number of imide groups is 1. The van der Waals surface area contributed by atoms with E-state index < -0.39 is 18.1 Å². The van der Waals surface area contributed by atoms with Gasteiger partial charge in [-0.05, 0) is 37.1 Å². The van der Waals surface area contributed by atoms with Gasteiger partial charge in [0.25, 0.3) is 11.8 Å². The second kappa shape index (κ2) is 8.12. The number of anilines is 1. The van der Waals surface area contributed by atoms with Crippen molar-refractivity contribution in [2.45, 2.75) is 25.4 Å². The summed E-state index contributed by atoms with van der Waals surface area (Å²) in [5.74, 6) is -0.640. The van der Waals surface area contributed by atoms with Crippen LogP contribution in [0.1, 0.15) is 11.1 Å². The van der Waals surface area contributed by atoms with Crippen molar-refractivity contribution in [2.75, 3.05) is 18.5 Å². The number of rotatable bonds is 5. The number of para-hydroxylation sites is 1. The number of carbonyl (C=O) groups is 3. The molecule has 3 aromatic rings. The first kappa shape index (κ1) is 20.8. The number of likely N-dealkylation sites (N-methyl/N-ethyl adjacent to an activating group) is 1. The van der Waals surface area contributed by atoms with Crippen molar-refractivity contribution in [1.29, 1.82) is 0 Å². The molecule has 33 heavy (non-hydrogen) atoms. The van der Waals surface area contributed by atoms with Crippen LogP contribution in [-0.4, -0.2) is 53.4 Å². The summed E-state index contributed by atoms with van der Waals surface area (Å²) in [5.41, 5.74) is 4.10. The van der Waals surface area contributed by atoms with Crippen molar-refractivity contribution in [1.82, 2.24) is 20.5 Å². The highest BCUT2D eigenvalue weighted by molar-refractivity contribution is 6.19. The molecule has 0 aliphatic carbocycles. The number of fused-ring (bicyclic) bond motifs is 2. The fourth-order valence-electron chi connectivity index (χ4n) is 4.58. The summed E-state index contributed by atoms with van der Waals surface area (Å²) in [4.78, 5) is 45.1. The fraction of sp³-hybridized carbons (Fsp3) is 0.240. The van der Waals surface area contributed by atoms with Crippen LogP contribution in [0, 0.1) is 6.92 Å². The zero-order chi connectivity index (χ0) is 23.1. The fourth-order valence-corrected chi connectivity index (χ4v) is 4.58. The van der Waals surface area contributed by atoms with E-state index in [0.29, 0.717) is 24.2 Å². The van der Waals surface area contributed by atoms with Gasteiger partial charge in [0.15, 0.2) is 0 Å². The molecule has 1 aromatic heterocycles. The Kier molecular flexibility index (Phi) is 5.12. The number of aryl methyl sites for hydroxylation is 1. The first-order valence-electron chi connectivity index (χ1n) is 10.9. The molecule has 2 aliphatic rings. The highest BCUT2D eigenvalue weighted by atomic mass is 16.2. The second-order valence-electron chi connectivity index (χ2n) is 8.50. The highest BCUT2D eigenvalue weighted by Gasteiger charge is 2.49. The molecule has 2 aliphatic heterocycles. The molecule has 2 atom stereocenters. The Morgan fingerprint density at radius 2 is 1.85 bits per heavy atom. The quantitative estimate of drug-likeness (QED) is 0.564. The number of urea groups is 1. The van der Waals surface area contributed by atoms with E-state index in [1.807, 2.05) is 49.5 Å². The molecule has 2 unspecified atom stereocenters. The molecule has 0 bridgehead atoms. The molecule has 8 nitrogen and oxygen atoms in total. The maximum atomic E-state index is 13.2. The molecule has 5 rings (SSSR count). The van der Waals surface area contributed by atoms with Crippen LogP contribution in [0.3, 0.4) is 0 Å². The lowest BCUT2D eigenvalue weighted by molar-refractivity contribution is -0.122. The van der Waals surface area contributed by atoms with E-state index in [-0.39, 0.29) is 11.8 Å². The van der Waals surface area contributed by atoms with Gasteiger partial charge in [0.2, 0.25) is 0 Å². The third kappa shape index (κ3) is 3.63. The number of hydrogen-bond acceptors (Lipinski definition) is 4. The van der Waals surface area contributed by atoms with Crippen LogP contribution in [-0.2, 0) is 16.0 Å². The minimum atomic E-state index is -0.690. The molecule has 3 N–H and O–H groups in total. The van der Waals surface area contributed by atoms with Gasteiger partial charge in [-0.25, -0.2) is 9.69 Å². The topological polar surface area (TPSA) is 97.5 Å². The molecular weight excluding hydrogens is 418 g/mol. The van der Waals surface area contributed by atoms with Crippen molar-refractivity contribution in [2.24, 2.45) is 0 Å². The lowest BCUT2D eigenvalue weighted by Crippen LogP contribution is -2.65. The molecular formula is C25H25N5O3. The van der Waals surface area contributed by atoms with E-state index in [9.17, 15) is 14.4 Å². The van der Waals surface area contributed by atoms with Crippen LogP contribution in [0.15, 0.2) is 66.5 Å². The molecule has 3 heterocycles. The molecule has 4 amide bonds. The smallest absolute Gasteiger partial charge is 0.329 e. The minimum absolute atomic E-state index is 0.286. The zero-order valence-corrected chi connectivity index (χ0v) is 18.5. The third-order valence-electron chi connectivity index (χ3n) is 6.30. The molecule has 168 valence electrons. The van der Waals surface area contributed by atoms with Crippen LogP contribution in [0.5, 0.6) is 0 Å². The number of amides is 4. The molecule has 2 aromatic carbocycles. The van der Waals surface area contributed by atoms with Gasteiger partial charge in [0.05, 0.1) is 17.3 Å². The molecule has 1 fully saturated rings. The summed E-state index contributed by atoms with van der Waals surface area (Å²) in [6, 6.07) is 13.3. The summed E-state index contributed by atoms with van der Waals surface area (Å²) in [6.45, 7) is 2.38. The van der Waals surface area contributed by atoms with Gasteiger partial charge >= 0.3 is 6.03 Å². The average molecular weight is 444 g/mol. The number of nitrogens with one attached hydrogen (secondary N) is 3. The monoisotopic (exact) mass is 443 g/mol. The maximum absolute atomic E-state index is 13.2. The second-order valence-corrected chi connectivity index (χ2v) is 8.50. The van der Waals surface area contributed by atoms with Crippen molar-refractivity contribution < 1.29 is 14.4 Å². The SMILES string of the molecule is Cc1ccc(N2C(=O)NC3C(C(=O)NCCc4c[nH]c5ccccc45)=CN(C)C3C2=O)cc1. The van der Waals surface area contributed by atoms with Crippen molar-refractivity contribution in [3.63, 3.8) is 0 Å². The van der Waals surface area contributed by atoms with Gasteiger partial charge < -0.3 is 20.5 Å². The van der Waals surface area contributed by atoms with Gasteiger partial charge in [-0.15, -0.1) is 0 Å². The first-order chi connectivity index (χ1) is 15.9. The summed E-state index contributed by atoms with van der Waals surface area (Å²) >= 11 is 0. The number of H-pyrrole nitrogens is 1. The van der Waals surface area contributed by atoms with E-state index in [1.54, 1.807) is 30.3 Å². The lowest BCUT2D eigenvalue weighted by Gasteiger charge is -2.37. The molecule has 8 heteroatoms. The highest BCUT2D eigenvalue weighted by Crippen LogP contribution is 2.29. The molecule has 1 saturated heterocycles. The van der Waals surface area contributed by atoms with Crippen LogP contribution < -0.4 is 15.5 Å². The van der Waals surface area contributed by atoms with Crippen LogP contribution >= 0.6 is 0 Å². The van der Waals surface area contributed by atoms with Gasteiger partial charge in [-0.3, -0.25) is 9.59 Å². The average Bonchev–Trinajstić information content (AvgIpc) is 3.36. The number of hydrogen-bond donors (Lipinski definition) is 3. The largest absolute Gasteiger partial charge is 0.366 e. The normalized spacial score (nSPS) is 20.0. The Morgan fingerprint density at radius 1 is 1.09 bits per heavy atom. The Balaban J connectivity index is 1.27. The Hall–Kier alpha value is -4.07. The Morgan fingerprint density at radius 3 is 2.64 bits per heavy atom. The van der Waals surface area contributed by atoms with Crippen LogP contribution in [0.4, 0.5) is 10.5 Å². The summed E-state index contributed by atoms with van der Waals surface area (Å²) in [7, 11) is 1.74. The first-order valence-corrected chi connectivity index (χ1v) is 10.9. The molecule has 0 saturated carbocycles. The number of aromatic nitrogens is 1. The Labute approximate surface area is 191 Å². The third-order valence-corrected chi connectivity index (χ3v) is 6.30. The summed E-state index contributed by atoms with van der Waals surface area (Å²) in [6.07, 6.45) is 4.27. The standard InChI is InChI=1S/C25H25N5O3/c1-15-7-9-17(10-8-15)30-24(32)22-21(28-25(30)33)19(14-29(22)2)23(31)26-12-11-16-13-27-20-6-4-3-5-18(16)20/h3-10,13-14,21-22,27H,11-12H2,1-2H3,(H,26,31)(H,28,33). The predicted molar refractivity (Wildman–Crippen MR) is 126 cm³/mol. The predicted octanol–water partition coefficient (Wildman–Crippen LogP) is 2.46. The van der Waals surface area contributed by atoms with E-state index in [2.05, 4.69) is 15.6 Å². The van der Waals surface area contributed by atoms with Gasteiger partial charge in [-0.1, -0.05) is 35.9 Å². The number of nitrogens with zero attached hydrogens (tertiary/aromatic N) is 2. The lowest BCUT2D eigenvalue weighted by atomic mass is 9.99. The molecule has 0 spiro atoms. The van der Waals surface area contributed by atoms with Crippen LogP contribution in [0.2, 0.25) is 0 Å². The van der Waals surface area contributed by atoms with E-state index in [1.165, 1.54) is 0 Å². The van der Waals surface area contributed by atoms with Crippen molar-refractivity contribution in [3.8, 4) is 0 Å². The van der Waals surface area contributed by atoms with E-state index in [0.717, 1.165) is 26.9 Å². The minimum Gasteiger partial charge on any atom is -0.366 e. The van der Waals surface area contributed by atoms with E-state index in [4.69, 9.17) is 0 Å². The zero-order valence-electron chi connectivity index (χ0n) is 18.5. The van der Waals surface area contributed by atoms with Crippen molar-refractivity contribution in [3.05, 3.63) is 77.6 Å². The Bertz CT molecular complexity index is 1280. The number of aromatic amines is 1. The van der Waals surface area contributed by atoms with Gasteiger partial charge in [0, 0.05) is 36.9 Å². The number of benzene rings is 2. The van der Waals surface area contributed by atoms with Gasteiger partial charge in [0.1, 0.15) is 6.04 Å². The number of carbonyl (C=O) groups excluding carboxylic acids is 3. The summed E-state index contributed by atoms with van der Waals surface area (Å²) < 4.78 is 0. The van der Waals surface area contributed by atoms with Crippen LogP contribution in [0.25, 0.3) is 10.9 Å². The van der Waals surface area contributed by atoms with E-state index >= 15 is 0 Å². The maximum Gasteiger partial charge on any atom is 0.329 e.